The highest BCUT2D eigenvalue weighted by Crippen LogP contribution is 2.61. The van der Waals surface area contributed by atoms with Crippen LogP contribution in [0.5, 0.6) is 0 Å². The number of anilines is 1. The molecule has 2 aliphatic carbocycles. The Labute approximate surface area is 228 Å². The topological polar surface area (TPSA) is 94.0 Å². The van der Waals surface area contributed by atoms with Crippen LogP contribution in [0.1, 0.15) is 77.0 Å². The fourth-order valence-electron chi connectivity index (χ4n) is 8.52. The van der Waals surface area contributed by atoms with E-state index in [1.807, 2.05) is 6.33 Å². The maximum absolute atomic E-state index is 13.3. The standard InChI is InChI=1S/C30H37FN6O2/c1-29-13-12-24(38)36-23(29)9-7-20-21(29)11-14-30(2)22(20)8-10-25(39-30)37-17-35-26-27(33-16-34-28(26)37)32-15-18-3-5-19(31)6-4-18/h3-6,16-17,20-23,25H,7-15H2,1-2H3,(H,36,38)(H,32,33,34)/t20-,21+,22+,23-,25+,29-,30+/m1/s1. The third-order valence-electron chi connectivity index (χ3n) is 10.6. The highest BCUT2D eigenvalue weighted by Gasteiger charge is 2.59. The monoisotopic (exact) mass is 532 g/mol. The smallest absolute Gasteiger partial charge is 0.220 e. The number of rotatable bonds is 4. The van der Waals surface area contributed by atoms with Crippen LogP contribution in [0.2, 0.25) is 0 Å². The molecule has 2 saturated carbocycles. The molecule has 9 heteroatoms. The van der Waals surface area contributed by atoms with Crippen LogP contribution in [0.4, 0.5) is 10.2 Å². The summed E-state index contributed by atoms with van der Waals surface area (Å²) in [6.07, 6.45) is 11.4. The Kier molecular flexibility index (Phi) is 5.91. The molecule has 0 bridgehead atoms. The number of aromatic nitrogens is 4. The number of piperidine rings is 1. The molecule has 0 spiro atoms. The number of fused-ring (bicyclic) bond motifs is 6. The average Bonchev–Trinajstić information content (AvgIpc) is 3.37. The summed E-state index contributed by atoms with van der Waals surface area (Å²) in [6, 6.07) is 6.77. The van der Waals surface area contributed by atoms with E-state index < -0.39 is 0 Å². The fraction of sp³-hybridized carbons (Fsp3) is 0.600. The second-order valence-corrected chi connectivity index (χ2v) is 12.6. The lowest BCUT2D eigenvalue weighted by Gasteiger charge is -2.62. The molecule has 2 aromatic heterocycles. The Morgan fingerprint density at radius 2 is 1.90 bits per heavy atom. The number of hydrogen-bond acceptors (Lipinski definition) is 6. The van der Waals surface area contributed by atoms with Gasteiger partial charge in [-0.15, -0.1) is 0 Å². The van der Waals surface area contributed by atoms with Crippen LogP contribution in [0, 0.1) is 29.0 Å². The van der Waals surface area contributed by atoms with E-state index in [0.717, 1.165) is 49.7 Å². The predicted octanol–water partition coefficient (Wildman–Crippen LogP) is 5.37. The van der Waals surface area contributed by atoms with Gasteiger partial charge in [0.2, 0.25) is 5.91 Å². The number of nitrogens with one attached hydrogen (secondary N) is 2. The van der Waals surface area contributed by atoms with Gasteiger partial charge in [-0.1, -0.05) is 19.1 Å². The van der Waals surface area contributed by atoms with Crippen molar-refractivity contribution >= 4 is 22.9 Å². The summed E-state index contributed by atoms with van der Waals surface area (Å²) >= 11 is 0. The van der Waals surface area contributed by atoms with Gasteiger partial charge < -0.3 is 15.4 Å². The van der Waals surface area contributed by atoms with Crippen LogP contribution in [0.25, 0.3) is 11.2 Å². The van der Waals surface area contributed by atoms with Crippen molar-refractivity contribution in [2.24, 2.45) is 23.2 Å². The molecule has 7 rings (SSSR count). The van der Waals surface area contributed by atoms with E-state index in [0.29, 0.717) is 48.1 Å². The molecular weight excluding hydrogens is 495 g/mol. The zero-order valence-corrected chi connectivity index (χ0v) is 22.7. The van der Waals surface area contributed by atoms with E-state index in [2.05, 4.69) is 44.0 Å². The lowest BCUT2D eigenvalue weighted by Crippen LogP contribution is -2.63. The quantitative estimate of drug-likeness (QED) is 0.470. The minimum Gasteiger partial charge on any atom is -0.364 e. The molecule has 206 valence electrons. The second kappa shape index (κ2) is 9.25. The summed E-state index contributed by atoms with van der Waals surface area (Å²) < 4.78 is 22.3. The molecule has 1 aromatic carbocycles. The summed E-state index contributed by atoms with van der Waals surface area (Å²) in [4.78, 5) is 25.8. The number of nitrogens with zero attached hydrogens (tertiary/aromatic N) is 4. The van der Waals surface area contributed by atoms with Crippen LogP contribution >= 0.6 is 0 Å². The summed E-state index contributed by atoms with van der Waals surface area (Å²) in [5.41, 5.74) is 2.46. The summed E-state index contributed by atoms with van der Waals surface area (Å²) in [5, 5.41) is 6.66. The largest absolute Gasteiger partial charge is 0.364 e. The minimum atomic E-state index is -0.247. The first-order chi connectivity index (χ1) is 18.8. The number of halogens is 1. The number of amides is 1. The van der Waals surface area contributed by atoms with Gasteiger partial charge in [-0.05, 0) is 92.7 Å². The number of carbonyl (C=O) groups excluding carboxylic acids is 1. The zero-order chi connectivity index (χ0) is 26.8. The Balaban J connectivity index is 1.09. The minimum absolute atomic E-state index is 0.117. The molecule has 0 unspecified atom stereocenters. The van der Waals surface area contributed by atoms with Gasteiger partial charge in [0.1, 0.15) is 18.4 Å². The van der Waals surface area contributed by atoms with Gasteiger partial charge in [-0.3, -0.25) is 9.36 Å². The van der Waals surface area contributed by atoms with Gasteiger partial charge in [0.25, 0.3) is 0 Å². The van der Waals surface area contributed by atoms with E-state index >= 15 is 0 Å². The first kappa shape index (κ1) is 24.9. The Morgan fingerprint density at radius 1 is 1.05 bits per heavy atom. The highest BCUT2D eigenvalue weighted by molar-refractivity contribution is 5.82. The number of imidazole rings is 1. The molecule has 4 heterocycles. The molecule has 2 saturated heterocycles. The van der Waals surface area contributed by atoms with Crippen molar-refractivity contribution in [3.8, 4) is 0 Å². The van der Waals surface area contributed by atoms with Crippen LogP contribution < -0.4 is 10.6 Å². The predicted molar refractivity (Wildman–Crippen MR) is 145 cm³/mol. The van der Waals surface area contributed by atoms with Crippen molar-refractivity contribution in [1.29, 1.82) is 0 Å². The number of carbonyl (C=O) groups is 1. The molecule has 2 N–H and O–H groups in total. The van der Waals surface area contributed by atoms with Crippen LogP contribution in [0.3, 0.4) is 0 Å². The highest BCUT2D eigenvalue weighted by atomic mass is 19.1. The van der Waals surface area contributed by atoms with E-state index in [-0.39, 0.29) is 29.0 Å². The van der Waals surface area contributed by atoms with Crippen molar-refractivity contribution < 1.29 is 13.9 Å². The maximum atomic E-state index is 13.3. The van der Waals surface area contributed by atoms with Gasteiger partial charge in [0.05, 0.1) is 11.9 Å². The van der Waals surface area contributed by atoms with Crippen molar-refractivity contribution in [3.05, 3.63) is 48.3 Å². The molecule has 8 nitrogen and oxygen atoms in total. The third-order valence-corrected chi connectivity index (χ3v) is 10.6. The number of ether oxygens (including phenoxy) is 1. The van der Waals surface area contributed by atoms with Gasteiger partial charge in [-0.25, -0.2) is 19.3 Å². The SMILES string of the molecule is C[C@]12CCC(=O)N[C@@H]1CC[C@@H]1[C@@H]2CC[C@]2(C)O[C@H](n3cnc4c(NCc5ccc(F)cc5)ncnc43)CC[C@@H]12. The summed E-state index contributed by atoms with van der Waals surface area (Å²) in [7, 11) is 0. The normalized spacial score (nSPS) is 36.0. The van der Waals surface area contributed by atoms with Gasteiger partial charge in [0.15, 0.2) is 17.0 Å². The molecule has 7 atom stereocenters. The van der Waals surface area contributed by atoms with E-state index in [1.54, 1.807) is 18.5 Å². The second-order valence-electron chi connectivity index (χ2n) is 12.6. The summed E-state index contributed by atoms with van der Waals surface area (Å²) in [6.45, 7) is 5.27. The van der Waals surface area contributed by atoms with Crippen LogP contribution in [-0.4, -0.2) is 37.1 Å². The molecule has 4 aliphatic rings. The molecule has 1 amide bonds. The molecular formula is C30H37FN6O2. The van der Waals surface area contributed by atoms with Crippen molar-refractivity contribution in [1.82, 2.24) is 24.8 Å². The zero-order valence-electron chi connectivity index (χ0n) is 22.7. The van der Waals surface area contributed by atoms with Crippen LogP contribution in [-0.2, 0) is 16.1 Å². The average molecular weight is 533 g/mol. The lowest BCUT2D eigenvalue weighted by atomic mass is 9.48. The van der Waals surface area contributed by atoms with E-state index in [1.165, 1.54) is 18.6 Å². The van der Waals surface area contributed by atoms with Crippen molar-refractivity contribution in [2.45, 2.75) is 89.6 Å². The van der Waals surface area contributed by atoms with E-state index in [9.17, 15) is 9.18 Å². The Hall–Kier alpha value is -3.07. The molecule has 3 aromatic rings. The first-order valence-electron chi connectivity index (χ1n) is 14.5. The molecule has 0 radical (unpaired) electrons. The van der Waals surface area contributed by atoms with Gasteiger partial charge in [-0.2, -0.15) is 0 Å². The molecule has 39 heavy (non-hydrogen) atoms. The molecule has 4 fully saturated rings. The number of benzene rings is 1. The maximum Gasteiger partial charge on any atom is 0.220 e. The van der Waals surface area contributed by atoms with Crippen LogP contribution in [0.15, 0.2) is 36.9 Å². The van der Waals surface area contributed by atoms with Gasteiger partial charge >= 0.3 is 0 Å². The summed E-state index contributed by atoms with van der Waals surface area (Å²) in [5.74, 6) is 2.46. The Bertz CT molecular complexity index is 1390. The first-order valence-corrected chi connectivity index (χ1v) is 14.5. The lowest BCUT2D eigenvalue weighted by molar-refractivity contribution is -0.231. The Morgan fingerprint density at radius 3 is 2.74 bits per heavy atom. The van der Waals surface area contributed by atoms with Crippen molar-refractivity contribution in [3.63, 3.8) is 0 Å². The van der Waals surface area contributed by atoms with Crippen molar-refractivity contribution in [2.75, 3.05) is 5.32 Å². The fourth-order valence-corrected chi connectivity index (χ4v) is 8.52. The van der Waals surface area contributed by atoms with Gasteiger partial charge in [0, 0.05) is 19.0 Å². The van der Waals surface area contributed by atoms with E-state index in [4.69, 9.17) is 4.74 Å². The third kappa shape index (κ3) is 4.12. The number of hydrogen-bond donors (Lipinski definition) is 2. The molecule has 2 aliphatic heterocycles.